The third-order valence-corrected chi connectivity index (χ3v) is 3.61. The predicted molar refractivity (Wildman–Crippen MR) is 86.6 cm³/mol. The zero-order chi connectivity index (χ0) is 16.1. The Balaban J connectivity index is 2.00. The molecule has 0 unspecified atom stereocenters. The minimum absolute atomic E-state index is 0.0657. The third kappa shape index (κ3) is 3.85. The van der Waals surface area contributed by atoms with Gasteiger partial charge in [0.1, 0.15) is 5.75 Å². The van der Waals surface area contributed by atoms with E-state index in [0.717, 1.165) is 12.0 Å². The molecular weight excluding hydrogens is 348 g/mol. The summed E-state index contributed by atoms with van der Waals surface area (Å²) in [6.45, 7) is 2.03. The fraction of sp³-hybridized carbons (Fsp3) is 0.125. The molecule has 2 rings (SSSR count). The summed E-state index contributed by atoms with van der Waals surface area (Å²) in [5.74, 6) is -1.19. The Bertz CT molecular complexity index is 699. The molecular formula is C16H15BrN2O3. The van der Waals surface area contributed by atoms with E-state index in [9.17, 15) is 14.7 Å². The maximum Gasteiger partial charge on any atom is 0.273 e. The number of hydrogen-bond donors (Lipinski definition) is 3. The Labute approximate surface area is 136 Å². The van der Waals surface area contributed by atoms with Gasteiger partial charge in [-0.15, -0.1) is 0 Å². The molecule has 3 N–H and O–H groups in total. The SMILES string of the molecule is CCc1ccc(C(=O)NNC(=O)c2cc(Br)ccc2O)cc1. The second kappa shape index (κ2) is 7.09. The molecule has 5 nitrogen and oxygen atoms in total. The molecule has 0 aliphatic heterocycles. The number of hydrazine groups is 1. The van der Waals surface area contributed by atoms with E-state index in [2.05, 4.69) is 26.8 Å². The molecule has 2 amide bonds. The van der Waals surface area contributed by atoms with E-state index in [1.165, 1.54) is 12.1 Å². The molecule has 0 fully saturated rings. The van der Waals surface area contributed by atoms with Crippen molar-refractivity contribution in [2.24, 2.45) is 0 Å². The quantitative estimate of drug-likeness (QED) is 0.734. The molecule has 0 radical (unpaired) electrons. The van der Waals surface area contributed by atoms with Gasteiger partial charge in [0, 0.05) is 10.0 Å². The van der Waals surface area contributed by atoms with E-state index < -0.39 is 11.8 Å². The highest BCUT2D eigenvalue weighted by atomic mass is 79.9. The van der Waals surface area contributed by atoms with Gasteiger partial charge >= 0.3 is 0 Å². The van der Waals surface area contributed by atoms with Crippen molar-refractivity contribution in [3.05, 3.63) is 63.6 Å². The van der Waals surface area contributed by atoms with Gasteiger partial charge in [0.05, 0.1) is 5.56 Å². The van der Waals surface area contributed by atoms with E-state index >= 15 is 0 Å². The normalized spacial score (nSPS) is 10.1. The van der Waals surface area contributed by atoms with E-state index in [4.69, 9.17) is 0 Å². The monoisotopic (exact) mass is 362 g/mol. The van der Waals surface area contributed by atoms with Crippen LogP contribution in [0.1, 0.15) is 33.2 Å². The van der Waals surface area contributed by atoms with Gasteiger partial charge in [0.2, 0.25) is 0 Å². The molecule has 0 atom stereocenters. The Morgan fingerprint density at radius 2 is 1.68 bits per heavy atom. The highest BCUT2D eigenvalue weighted by molar-refractivity contribution is 9.10. The van der Waals surface area contributed by atoms with Gasteiger partial charge < -0.3 is 5.11 Å². The van der Waals surface area contributed by atoms with Crippen LogP contribution < -0.4 is 10.9 Å². The van der Waals surface area contributed by atoms with Crippen LogP contribution in [0.3, 0.4) is 0 Å². The van der Waals surface area contributed by atoms with Crippen molar-refractivity contribution in [3.8, 4) is 5.75 Å². The van der Waals surface area contributed by atoms with Gasteiger partial charge in [-0.3, -0.25) is 20.4 Å². The van der Waals surface area contributed by atoms with Gasteiger partial charge in [-0.2, -0.15) is 0 Å². The number of benzene rings is 2. The predicted octanol–water partition coefficient (Wildman–Crippen LogP) is 2.79. The molecule has 22 heavy (non-hydrogen) atoms. The molecule has 0 aliphatic carbocycles. The van der Waals surface area contributed by atoms with Crippen molar-refractivity contribution >= 4 is 27.7 Å². The van der Waals surface area contributed by atoms with Crippen LogP contribution in [0.5, 0.6) is 5.75 Å². The van der Waals surface area contributed by atoms with Crippen molar-refractivity contribution in [1.82, 2.24) is 10.9 Å². The van der Waals surface area contributed by atoms with Gasteiger partial charge in [-0.25, -0.2) is 0 Å². The zero-order valence-electron chi connectivity index (χ0n) is 11.9. The van der Waals surface area contributed by atoms with Gasteiger partial charge in [0.25, 0.3) is 11.8 Å². The topological polar surface area (TPSA) is 78.4 Å². The smallest absolute Gasteiger partial charge is 0.273 e. The van der Waals surface area contributed by atoms with Crippen LogP contribution in [-0.2, 0) is 6.42 Å². The first-order valence-electron chi connectivity index (χ1n) is 6.69. The molecule has 0 saturated carbocycles. The maximum atomic E-state index is 11.9. The average molecular weight is 363 g/mol. The Hall–Kier alpha value is -2.34. The largest absolute Gasteiger partial charge is 0.507 e. The summed E-state index contributed by atoms with van der Waals surface area (Å²) < 4.78 is 0.650. The fourth-order valence-corrected chi connectivity index (χ4v) is 2.20. The molecule has 0 spiro atoms. The minimum Gasteiger partial charge on any atom is -0.507 e. The second-order valence-corrected chi connectivity index (χ2v) is 5.54. The zero-order valence-corrected chi connectivity index (χ0v) is 13.5. The second-order valence-electron chi connectivity index (χ2n) is 4.62. The number of nitrogens with one attached hydrogen (secondary N) is 2. The lowest BCUT2D eigenvalue weighted by molar-refractivity contribution is 0.0845. The van der Waals surface area contributed by atoms with Crippen molar-refractivity contribution < 1.29 is 14.7 Å². The van der Waals surface area contributed by atoms with Gasteiger partial charge in [-0.1, -0.05) is 35.0 Å². The number of rotatable bonds is 3. The first-order valence-corrected chi connectivity index (χ1v) is 7.48. The van der Waals surface area contributed by atoms with Crippen LogP contribution in [-0.4, -0.2) is 16.9 Å². The number of phenolic OH excluding ortho intramolecular Hbond substituents is 1. The number of carbonyl (C=O) groups excluding carboxylic acids is 2. The number of aromatic hydroxyl groups is 1. The highest BCUT2D eigenvalue weighted by Gasteiger charge is 2.13. The summed E-state index contributed by atoms with van der Waals surface area (Å²) in [6.07, 6.45) is 0.890. The fourth-order valence-electron chi connectivity index (χ4n) is 1.83. The summed E-state index contributed by atoms with van der Waals surface area (Å²) in [6, 6.07) is 11.6. The van der Waals surface area contributed by atoms with Crippen LogP contribution >= 0.6 is 15.9 Å². The van der Waals surface area contributed by atoms with E-state index in [0.29, 0.717) is 10.0 Å². The molecule has 0 heterocycles. The Morgan fingerprint density at radius 3 is 2.32 bits per heavy atom. The number of phenols is 1. The lowest BCUT2D eigenvalue weighted by Crippen LogP contribution is -2.41. The van der Waals surface area contributed by atoms with E-state index in [1.54, 1.807) is 18.2 Å². The number of hydrogen-bond acceptors (Lipinski definition) is 3. The molecule has 0 aromatic heterocycles. The minimum atomic E-state index is -0.600. The number of carbonyl (C=O) groups is 2. The van der Waals surface area contributed by atoms with Gasteiger partial charge in [-0.05, 0) is 42.3 Å². The Kier molecular flexibility index (Phi) is 5.16. The lowest BCUT2D eigenvalue weighted by Gasteiger charge is -2.09. The third-order valence-electron chi connectivity index (χ3n) is 3.12. The summed E-state index contributed by atoms with van der Waals surface area (Å²) in [4.78, 5) is 23.9. The molecule has 6 heteroatoms. The first-order chi connectivity index (χ1) is 10.5. The summed E-state index contributed by atoms with van der Waals surface area (Å²) in [5, 5.41) is 9.65. The maximum absolute atomic E-state index is 11.9. The summed E-state index contributed by atoms with van der Waals surface area (Å²) in [7, 11) is 0. The number of amides is 2. The van der Waals surface area contributed by atoms with E-state index in [-0.39, 0.29) is 11.3 Å². The average Bonchev–Trinajstić information content (AvgIpc) is 2.54. The van der Waals surface area contributed by atoms with Crippen LogP contribution in [0.25, 0.3) is 0 Å². The van der Waals surface area contributed by atoms with Crippen LogP contribution in [0.4, 0.5) is 0 Å². The van der Waals surface area contributed by atoms with Crippen molar-refractivity contribution in [2.75, 3.05) is 0 Å². The van der Waals surface area contributed by atoms with Crippen molar-refractivity contribution in [3.63, 3.8) is 0 Å². The van der Waals surface area contributed by atoms with Gasteiger partial charge in [0.15, 0.2) is 0 Å². The lowest BCUT2D eigenvalue weighted by atomic mass is 10.1. The van der Waals surface area contributed by atoms with Crippen LogP contribution in [0, 0.1) is 0 Å². The standard InChI is InChI=1S/C16H15BrN2O3/c1-2-10-3-5-11(6-4-10)15(21)18-19-16(22)13-9-12(17)7-8-14(13)20/h3-9,20H,2H2,1H3,(H,18,21)(H,19,22). The molecule has 0 saturated heterocycles. The van der Waals surface area contributed by atoms with Crippen LogP contribution in [0.2, 0.25) is 0 Å². The number of halogens is 1. The van der Waals surface area contributed by atoms with E-state index in [1.807, 2.05) is 19.1 Å². The molecule has 114 valence electrons. The number of aryl methyl sites for hydroxylation is 1. The summed E-state index contributed by atoms with van der Waals surface area (Å²) in [5.41, 5.74) is 6.22. The molecule has 0 aliphatic rings. The highest BCUT2D eigenvalue weighted by Crippen LogP contribution is 2.21. The van der Waals surface area contributed by atoms with Crippen molar-refractivity contribution in [1.29, 1.82) is 0 Å². The summed E-state index contributed by atoms with van der Waals surface area (Å²) >= 11 is 3.22. The van der Waals surface area contributed by atoms with Crippen molar-refractivity contribution in [2.45, 2.75) is 13.3 Å². The molecule has 2 aromatic rings. The molecule has 2 aromatic carbocycles. The Morgan fingerprint density at radius 1 is 1.05 bits per heavy atom. The van der Waals surface area contributed by atoms with Crippen LogP contribution in [0.15, 0.2) is 46.9 Å². The first kappa shape index (κ1) is 16.0. The molecule has 0 bridgehead atoms.